The van der Waals surface area contributed by atoms with Gasteiger partial charge in [-0.25, -0.2) is 0 Å². The Labute approximate surface area is 200 Å². The van der Waals surface area contributed by atoms with Crippen LogP contribution in [0.5, 0.6) is 0 Å². The monoisotopic (exact) mass is 475 g/mol. The normalized spacial score (nSPS) is 29.4. The third-order valence-corrected chi connectivity index (χ3v) is 8.04. The van der Waals surface area contributed by atoms with Gasteiger partial charge in [0.2, 0.25) is 5.91 Å². The molecule has 1 aromatic heterocycles. The number of rotatable bonds is 4. The number of carboxylic acid groups (broad SMARTS) is 1. The van der Waals surface area contributed by atoms with Gasteiger partial charge in [-0.1, -0.05) is 0 Å². The largest absolute Gasteiger partial charge is 0.483 e. The van der Waals surface area contributed by atoms with Crippen molar-refractivity contribution in [2.75, 3.05) is 39.4 Å². The summed E-state index contributed by atoms with van der Waals surface area (Å²) in [6.07, 6.45) is 5.97. The molecule has 3 atom stereocenters. The van der Waals surface area contributed by atoms with Crippen LogP contribution < -0.4 is 5.32 Å². The van der Waals surface area contributed by atoms with Gasteiger partial charge in [-0.15, -0.1) is 0 Å². The quantitative estimate of drug-likeness (QED) is 0.561. The van der Waals surface area contributed by atoms with Crippen LogP contribution in [-0.4, -0.2) is 94.9 Å². The molecule has 2 aliphatic heterocycles. The van der Waals surface area contributed by atoms with Crippen molar-refractivity contribution in [1.29, 1.82) is 0 Å². The summed E-state index contributed by atoms with van der Waals surface area (Å²) in [5.41, 5.74) is 1.73. The van der Waals surface area contributed by atoms with Crippen LogP contribution in [0.4, 0.5) is 0 Å². The molecule has 34 heavy (non-hydrogen) atoms. The summed E-state index contributed by atoms with van der Waals surface area (Å²) in [4.78, 5) is 39.8. The second-order valence-electron chi connectivity index (χ2n) is 10.1. The lowest BCUT2D eigenvalue weighted by molar-refractivity contribution is -0.143. The molecule has 2 saturated heterocycles. The number of carbonyl (C=O) groups is 3. The maximum atomic E-state index is 13.6. The molecule has 188 valence electrons. The Hall–Kier alpha value is -2.46. The average Bonchev–Trinajstić information content (AvgIpc) is 3.60. The minimum Gasteiger partial charge on any atom is -0.483 e. The van der Waals surface area contributed by atoms with E-state index in [2.05, 4.69) is 20.4 Å². The van der Waals surface area contributed by atoms with Crippen LogP contribution in [0.3, 0.4) is 0 Å². The van der Waals surface area contributed by atoms with Gasteiger partial charge in [0.1, 0.15) is 0 Å². The molecule has 10 nitrogen and oxygen atoms in total. The molecule has 3 N–H and O–H groups in total. The van der Waals surface area contributed by atoms with Crippen LogP contribution >= 0.6 is 0 Å². The van der Waals surface area contributed by atoms with E-state index in [4.69, 9.17) is 14.6 Å². The fraction of sp³-hybridized carbons (Fsp3) is 0.750. The van der Waals surface area contributed by atoms with E-state index in [9.17, 15) is 9.59 Å². The van der Waals surface area contributed by atoms with Gasteiger partial charge >= 0.3 is 0 Å². The van der Waals surface area contributed by atoms with E-state index in [1.165, 1.54) is 0 Å². The smallest absolute Gasteiger partial charge is 0.290 e. The number of amides is 2. The van der Waals surface area contributed by atoms with E-state index < -0.39 is 5.41 Å². The number of aromatic nitrogens is 2. The molecule has 0 aromatic carbocycles. The molecular weight excluding hydrogens is 438 g/mol. The van der Waals surface area contributed by atoms with Crippen molar-refractivity contribution in [2.24, 2.45) is 11.3 Å². The minimum atomic E-state index is -0.467. The first-order chi connectivity index (χ1) is 16.4. The Kier molecular flexibility index (Phi) is 7.57. The van der Waals surface area contributed by atoms with Crippen LogP contribution in [0.25, 0.3) is 0 Å². The van der Waals surface area contributed by atoms with Gasteiger partial charge in [-0.3, -0.25) is 24.4 Å². The van der Waals surface area contributed by atoms with Crippen molar-refractivity contribution in [2.45, 2.75) is 64.5 Å². The number of hydrogen-bond donors (Lipinski definition) is 3. The number of fused-ring (bicyclic) bond motifs is 1. The highest BCUT2D eigenvalue weighted by Gasteiger charge is 2.54. The van der Waals surface area contributed by atoms with Gasteiger partial charge in [0.25, 0.3) is 12.4 Å². The molecule has 10 heteroatoms. The number of likely N-dealkylation sites (tertiary alicyclic amines) is 1. The number of aromatic amines is 1. The topological polar surface area (TPSA) is 128 Å². The highest BCUT2D eigenvalue weighted by molar-refractivity contribution is 5.97. The number of piperidine rings is 1. The summed E-state index contributed by atoms with van der Waals surface area (Å²) in [5.74, 6) is 0.512. The van der Waals surface area contributed by atoms with Crippen molar-refractivity contribution in [3.05, 3.63) is 17.0 Å². The fourth-order valence-corrected chi connectivity index (χ4v) is 6.03. The zero-order valence-electron chi connectivity index (χ0n) is 20.2. The summed E-state index contributed by atoms with van der Waals surface area (Å²) < 4.78 is 5.54. The molecule has 0 bridgehead atoms. The Morgan fingerprint density at radius 1 is 1.18 bits per heavy atom. The van der Waals surface area contributed by atoms with E-state index in [0.717, 1.165) is 76.2 Å². The zero-order chi connectivity index (χ0) is 24.3. The zero-order valence-corrected chi connectivity index (χ0v) is 20.2. The van der Waals surface area contributed by atoms with Crippen LogP contribution in [0.1, 0.15) is 60.3 Å². The molecule has 1 aromatic rings. The van der Waals surface area contributed by atoms with Crippen molar-refractivity contribution < 1.29 is 24.2 Å². The van der Waals surface area contributed by atoms with E-state index in [1.54, 1.807) is 0 Å². The van der Waals surface area contributed by atoms with Gasteiger partial charge in [-0.05, 0) is 58.3 Å². The molecular formula is C24H37N5O5. The molecule has 2 saturated carbocycles. The van der Waals surface area contributed by atoms with Crippen LogP contribution in [0, 0.1) is 25.2 Å². The van der Waals surface area contributed by atoms with Crippen molar-refractivity contribution in [3.8, 4) is 0 Å². The first-order valence-corrected chi connectivity index (χ1v) is 12.4. The molecule has 2 aliphatic carbocycles. The van der Waals surface area contributed by atoms with Gasteiger partial charge in [0.15, 0.2) is 0 Å². The second kappa shape index (κ2) is 10.4. The highest BCUT2D eigenvalue weighted by atomic mass is 16.5. The van der Waals surface area contributed by atoms with Crippen molar-refractivity contribution in [1.82, 2.24) is 25.3 Å². The van der Waals surface area contributed by atoms with Crippen molar-refractivity contribution >= 4 is 18.3 Å². The maximum Gasteiger partial charge on any atom is 0.290 e. The Balaban J connectivity index is 0.000000868. The van der Waals surface area contributed by atoms with E-state index in [0.29, 0.717) is 36.7 Å². The Morgan fingerprint density at radius 2 is 1.88 bits per heavy atom. The van der Waals surface area contributed by atoms with E-state index in [1.807, 2.05) is 18.7 Å². The number of carbonyl (C=O) groups excluding carboxylic acids is 2. The molecule has 4 aliphatic rings. The Bertz CT molecular complexity index is 875. The number of H-pyrrole nitrogens is 1. The average molecular weight is 476 g/mol. The Morgan fingerprint density at radius 3 is 2.50 bits per heavy atom. The lowest BCUT2D eigenvalue weighted by atomic mass is 9.60. The SMILES string of the molecule is Cc1n[nH]c(C)c1C(=O)N1CC[C@@H]2C[C@@H](N3CCOCC3)CC[C@@]2(C(=O)NC2CC2)C1.O=CO. The van der Waals surface area contributed by atoms with Crippen molar-refractivity contribution in [3.63, 3.8) is 0 Å². The van der Waals surface area contributed by atoms with Crippen LogP contribution in [0.15, 0.2) is 0 Å². The second-order valence-corrected chi connectivity index (χ2v) is 10.1. The lowest BCUT2D eigenvalue weighted by Crippen LogP contribution is -2.61. The van der Waals surface area contributed by atoms with Gasteiger partial charge in [0.05, 0.1) is 29.9 Å². The van der Waals surface area contributed by atoms with Crippen LogP contribution in [-0.2, 0) is 14.3 Å². The fourth-order valence-electron chi connectivity index (χ4n) is 6.03. The number of hydrogen-bond acceptors (Lipinski definition) is 6. The number of morpholine rings is 1. The van der Waals surface area contributed by atoms with E-state index >= 15 is 0 Å². The number of nitrogens with zero attached hydrogens (tertiary/aromatic N) is 3. The molecule has 2 amide bonds. The summed E-state index contributed by atoms with van der Waals surface area (Å²) in [6, 6.07) is 0.861. The van der Waals surface area contributed by atoms with Crippen LogP contribution in [0.2, 0.25) is 0 Å². The van der Waals surface area contributed by atoms with Gasteiger partial charge in [0, 0.05) is 44.0 Å². The number of nitrogens with one attached hydrogen (secondary N) is 2. The molecule has 0 radical (unpaired) electrons. The molecule has 0 spiro atoms. The number of ether oxygens (including phenoxy) is 1. The standard InChI is InChI=1S/C23H35N5O3.CH2O2/c1-15-20(16(2)26-25-15)21(29)28-8-6-17-13-19(27-9-11-31-12-10-27)5-7-23(17,14-28)22(30)24-18-3-4-18;2-1-3/h17-19H,3-14H2,1-2H3,(H,24,30)(H,25,26);1H,(H,2,3)/t17-,19+,23-;/m1./s1. The predicted octanol–water partition coefficient (Wildman–Crippen LogP) is 1.34. The summed E-state index contributed by atoms with van der Waals surface area (Å²) in [6.45, 7) is 8.33. The first-order valence-electron chi connectivity index (χ1n) is 12.4. The first kappa shape index (κ1) is 24.7. The summed E-state index contributed by atoms with van der Waals surface area (Å²) >= 11 is 0. The third-order valence-electron chi connectivity index (χ3n) is 8.04. The lowest BCUT2D eigenvalue weighted by Gasteiger charge is -2.53. The minimum absolute atomic E-state index is 0.0103. The molecule has 0 unspecified atom stereocenters. The highest BCUT2D eigenvalue weighted by Crippen LogP contribution is 2.48. The third kappa shape index (κ3) is 4.98. The molecule has 4 fully saturated rings. The summed E-state index contributed by atoms with van der Waals surface area (Å²) in [7, 11) is 0. The van der Waals surface area contributed by atoms with E-state index in [-0.39, 0.29) is 18.3 Å². The maximum absolute atomic E-state index is 13.6. The molecule has 5 rings (SSSR count). The van der Waals surface area contributed by atoms with Gasteiger partial charge in [-0.2, -0.15) is 5.10 Å². The number of aryl methyl sites for hydroxylation is 2. The molecule has 3 heterocycles. The van der Waals surface area contributed by atoms with Gasteiger partial charge < -0.3 is 20.1 Å². The summed E-state index contributed by atoms with van der Waals surface area (Å²) in [5, 5.41) is 17.3. The predicted molar refractivity (Wildman–Crippen MR) is 124 cm³/mol.